The first-order chi connectivity index (χ1) is 7.66. The Bertz CT molecular complexity index is 509. The number of rotatable bonds is 3. The Balaban J connectivity index is 2.39. The number of carboxylic acid groups (broad SMARTS) is 1. The summed E-state index contributed by atoms with van der Waals surface area (Å²) in [4.78, 5) is 10.6. The van der Waals surface area contributed by atoms with Gasteiger partial charge < -0.3 is 5.11 Å². The van der Waals surface area contributed by atoms with Crippen LogP contribution in [0.2, 0.25) is 5.02 Å². The third-order valence-corrected chi connectivity index (χ3v) is 2.57. The number of aliphatic carboxylic acids is 1. The molecule has 5 heteroatoms. The van der Waals surface area contributed by atoms with Crippen LogP contribution in [0.25, 0.3) is 11.3 Å². The maximum Gasteiger partial charge on any atom is 0.307 e. The van der Waals surface area contributed by atoms with Gasteiger partial charge in [-0.1, -0.05) is 17.7 Å². The van der Waals surface area contributed by atoms with E-state index in [1.165, 1.54) is 0 Å². The van der Waals surface area contributed by atoms with Crippen molar-refractivity contribution in [3.05, 3.63) is 41.0 Å². The van der Waals surface area contributed by atoms with Gasteiger partial charge in [-0.25, -0.2) is 0 Å². The fourth-order valence-corrected chi connectivity index (χ4v) is 1.64. The van der Waals surface area contributed by atoms with Crippen LogP contribution >= 0.6 is 11.6 Å². The molecule has 0 fully saturated rings. The molecule has 1 aromatic carbocycles. The first-order valence-corrected chi connectivity index (χ1v) is 5.04. The van der Waals surface area contributed by atoms with E-state index in [4.69, 9.17) is 16.7 Å². The number of H-pyrrole nitrogens is 1. The summed E-state index contributed by atoms with van der Waals surface area (Å²) < 4.78 is 0. The molecular formula is C11H9ClN2O2. The van der Waals surface area contributed by atoms with E-state index in [-0.39, 0.29) is 6.42 Å². The maximum atomic E-state index is 10.6. The van der Waals surface area contributed by atoms with Crippen LogP contribution < -0.4 is 0 Å². The molecule has 0 aliphatic carbocycles. The minimum Gasteiger partial charge on any atom is -0.481 e. The minimum absolute atomic E-state index is 0.0825. The lowest BCUT2D eigenvalue weighted by Gasteiger charge is -2.04. The second-order valence-corrected chi connectivity index (χ2v) is 3.75. The van der Waals surface area contributed by atoms with Crippen molar-refractivity contribution >= 4 is 17.6 Å². The Morgan fingerprint density at radius 2 is 2.25 bits per heavy atom. The molecule has 16 heavy (non-hydrogen) atoms. The number of carboxylic acids is 1. The molecule has 4 nitrogen and oxygen atoms in total. The van der Waals surface area contributed by atoms with Crippen LogP contribution in [0.1, 0.15) is 5.56 Å². The fourth-order valence-electron chi connectivity index (χ4n) is 1.46. The van der Waals surface area contributed by atoms with Gasteiger partial charge in [0, 0.05) is 11.2 Å². The molecule has 0 aliphatic rings. The second kappa shape index (κ2) is 4.37. The van der Waals surface area contributed by atoms with Crippen LogP contribution in [0, 0.1) is 0 Å². The van der Waals surface area contributed by atoms with Crippen molar-refractivity contribution in [1.82, 2.24) is 10.2 Å². The predicted octanol–water partition coefficient (Wildman–Crippen LogP) is 2.36. The lowest BCUT2D eigenvalue weighted by molar-refractivity contribution is -0.136. The lowest BCUT2D eigenvalue weighted by atomic mass is 10.1. The SMILES string of the molecule is O=C(O)Cc1cc(-c2ccn[nH]2)ccc1Cl. The third kappa shape index (κ3) is 2.23. The van der Waals surface area contributed by atoms with Crippen molar-refractivity contribution in [3.8, 4) is 11.3 Å². The Labute approximate surface area is 96.9 Å². The van der Waals surface area contributed by atoms with Gasteiger partial charge >= 0.3 is 5.97 Å². The van der Waals surface area contributed by atoms with E-state index in [2.05, 4.69) is 10.2 Å². The van der Waals surface area contributed by atoms with Crippen LogP contribution in [-0.2, 0) is 11.2 Å². The molecule has 0 unspecified atom stereocenters. The highest BCUT2D eigenvalue weighted by molar-refractivity contribution is 6.31. The molecule has 0 bridgehead atoms. The second-order valence-electron chi connectivity index (χ2n) is 3.35. The molecule has 0 amide bonds. The number of aromatic nitrogens is 2. The summed E-state index contributed by atoms with van der Waals surface area (Å²) in [7, 11) is 0. The Morgan fingerprint density at radius 1 is 1.44 bits per heavy atom. The summed E-state index contributed by atoms with van der Waals surface area (Å²) in [6.45, 7) is 0. The number of halogens is 1. The van der Waals surface area contributed by atoms with E-state index in [1.807, 2.05) is 12.1 Å². The summed E-state index contributed by atoms with van der Waals surface area (Å²) in [6, 6.07) is 7.08. The number of carbonyl (C=O) groups is 1. The Hall–Kier alpha value is -1.81. The molecule has 1 heterocycles. The summed E-state index contributed by atoms with van der Waals surface area (Å²) in [5.41, 5.74) is 2.31. The number of aromatic amines is 1. The number of hydrogen-bond donors (Lipinski definition) is 2. The lowest BCUT2D eigenvalue weighted by Crippen LogP contribution is -2.00. The standard InChI is InChI=1S/C11H9ClN2O2/c12-9-2-1-7(10-3-4-13-14-10)5-8(9)6-11(15)16/h1-5H,6H2,(H,13,14)(H,15,16). The molecule has 0 radical (unpaired) electrons. The third-order valence-electron chi connectivity index (χ3n) is 2.20. The van der Waals surface area contributed by atoms with E-state index in [0.717, 1.165) is 11.3 Å². The number of hydrogen-bond acceptors (Lipinski definition) is 2. The molecular weight excluding hydrogens is 228 g/mol. The molecule has 2 rings (SSSR count). The van der Waals surface area contributed by atoms with Crippen molar-refractivity contribution in [2.45, 2.75) is 6.42 Å². The molecule has 0 spiro atoms. The minimum atomic E-state index is -0.899. The van der Waals surface area contributed by atoms with Gasteiger partial charge in [0.05, 0.1) is 12.1 Å². The Kier molecular flexibility index (Phi) is 2.92. The molecule has 0 aliphatic heterocycles. The van der Waals surface area contributed by atoms with Gasteiger partial charge in [-0.05, 0) is 29.3 Å². The average Bonchev–Trinajstić information content (AvgIpc) is 2.73. The largest absolute Gasteiger partial charge is 0.481 e. The van der Waals surface area contributed by atoms with Crippen molar-refractivity contribution in [2.24, 2.45) is 0 Å². The topological polar surface area (TPSA) is 66.0 Å². The fraction of sp³-hybridized carbons (Fsp3) is 0.0909. The first kappa shape index (κ1) is 10.7. The van der Waals surface area contributed by atoms with Crippen LogP contribution in [0.3, 0.4) is 0 Å². The van der Waals surface area contributed by atoms with Gasteiger partial charge in [0.2, 0.25) is 0 Å². The molecule has 0 saturated heterocycles. The monoisotopic (exact) mass is 236 g/mol. The van der Waals surface area contributed by atoms with Gasteiger partial charge in [-0.2, -0.15) is 5.10 Å². The van der Waals surface area contributed by atoms with E-state index >= 15 is 0 Å². The normalized spacial score (nSPS) is 10.3. The van der Waals surface area contributed by atoms with Crippen molar-refractivity contribution in [1.29, 1.82) is 0 Å². The van der Waals surface area contributed by atoms with E-state index < -0.39 is 5.97 Å². The quantitative estimate of drug-likeness (QED) is 0.860. The zero-order valence-electron chi connectivity index (χ0n) is 8.27. The smallest absolute Gasteiger partial charge is 0.307 e. The van der Waals surface area contributed by atoms with Crippen LogP contribution in [0.4, 0.5) is 0 Å². The van der Waals surface area contributed by atoms with Crippen LogP contribution in [-0.4, -0.2) is 21.3 Å². The highest BCUT2D eigenvalue weighted by Gasteiger charge is 2.08. The van der Waals surface area contributed by atoms with E-state index in [1.54, 1.807) is 18.3 Å². The van der Waals surface area contributed by atoms with Crippen molar-refractivity contribution in [3.63, 3.8) is 0 Å². The molecule has 2 N–H and O–H groups in total. The molecule has 82 valence electrons. The van der Waals surface area contributed by atoms with Gasteiger partial charge in [0.1, 0.15) is 0 Å². The molecule has 0 atom stereocenters. The maximum absolute atomic E-state index is 10.6. The van der Waals surface area contributed by atoms with Crippen molar-refractivity contribution < 1.29 is 9.90 Å². The predicted molar refractivity (Wildman–Crippen MR) is 60.4 cm³/mol. The average molecular weight is 237 g/mol. The summed E-state index contributed by atoms with van der Waals surface area (Å²) in [5, 5.41) is 15.8. The van der Waals surface area contributed by atoms with Gasteiger partial charge in [-0.15, -0.1) is 0 Å². The van der Waals surface area contributed by atoms with Crippen LogP contribution in [0.5, 0.6) is 0 Å². The van der Waals surface area contributed by atoms with E-state index in [9.17, 15) is 4.79 Å². The summed E-state index contributed by atoms with van der Waals surface area (Å²) in [6.07, 6.45) is 1.56. The summed E-state index contributed by atoms with van der Waals surface area (Å²) >= 11 is 5.91. The Morgan fingerprint density at radius 3 is 2.88 bits per heavy atom. The zero-order valence-corrected chi connectivity index (χ0v) is 9.03. The van der Waals surface area contributed by atoms with Gasteiger partial charge in [-0.3, -0.25) is 9.89 Å². The highest BCUT2D eigenvalue weighted by atomic mass is 35.5. The molecule has 1 aromatic heterocycles. The first-order valence-electron chi connectivity index (χ1n) is 4.67. The van der Waals surface area contributed by atoms with Gasteiger partial charge in [0.15, 0.2) is 0 Å². The molecule has 2 aromatic rings. The van der Waals surface area contributed by atoms with Crippen molar-refractivity contribution in [2.75, 3.05) is 0 Å². The number of benzene rings is 1. The van der Waals surface area contributed by atoms with E-state index in [0.29, 0.717) is 10.6 Å². The number of nitrogens with zero attached hydrogens (tertiary/aromatic N) is 1. The van der Waals surface area contributed by atoms with Gasteiger partial charge in [0.25, 0.3) is 0 Å². The highest BCUT2D eigenvalue weighted by Crippen LogP contribution is 2.24. The number of nitrogens with one attached hydrogen (secondary N) is 1. The summed E-state index contributed by atoms with van der Waals surface area (Å²) in [5.74, 6) is -0.899. The zero-order chi connectivity index (χ0) is 11.5. The van der Waals surface area contributed by atoms with Crippen LogP contribution in [0.15, 0.2) is 30.5 Å². The molecule has 0 saturated carbocycles.